The first kappa shape index (κ1) is 11.5. The van der Waals surface area contributed by atoms with Gasteiger partial charge in [-0.2, -0.15) is 5.10 Å². The Bertz CT molecular complexity index is 372. The molecule has 4 N–H and O–H groups in total. The lowest BCUT2D eigenvalue weighted by Gasteiger charge is -2.10. The van der Waals surface area contributed by atoms with E-state index < -0.39 is 0 Å². The smallest absolute Gasteiger partial charge is 0.271 e. The van der Waals surface area contributed by atoms with Gasteiger partial charge in [0.15, 0.2) is 0 Å². The SMILES string of the molecule is Cc1nn(C)c(C(=O)N[C@@H](C)CO)c1N. The molecule has 0 unspecified atom stereocenters. The summed E-state index contributed by atoms with van der Waals surface area (Å²) in [6.45, 7) is 3.33. The molecule has 0 radical (unpaired) electrons. The molecule has 0 aliphatic rings. The Morgan fingerprint density at radius 3 is 2.73 bits per heavy atom. The minimum absolute atomic E-state index is 0.109. The Morgan fingerprint density at radius 1 is 1.73 bits per heavy atom. The van der Waals surface area contributed by atoms with Gasteiger partial charge in [-0.1, -0.05) is 0 Å². The van der Waals surface area contributed by atoms with Crippen molar-refractivity contribution >= 4 is 11.6 Å². The van der Waals surface area contributed by atoms with Gasteiger partial charge in [-0.05, 0) is 13.8 Å². The summed E-state index contributed by atoms with van der Waals surface area (Å²) in [5, 5.41) is 15.5. The minimum atomic E-state index is -0.322. The van der Waals surface area contributed by atoms with Gasteiger partial charge >= 0.3 is 0 Å². The van der Waals surface area contributed by atoms with Crippen molar-refractivity contribution in [2.45, 2.75) is 19.9 Å². The van der Waals surface area contributed by atoms with E-state index in [2.05, 4.69) is 10.4 Å². The van der Waals surface area contributed by atoms with Crippen LogP contribution >= 0.6 is 0 Å². The molecule has 1 atom stereocenters. The summed E-state index contributed by atoms with van der Waals surface area (Å²) in [5.41, 5.74) is 7.04. The van der Waals surface area contributed by atoms with Gasteiger partial charge in [0.2, 0.25) is 0 Å². The fourth-order valence-electron chi connectivity index (χ4n) is 1.28. The number of anilines is 1. The van der Waals surface area contributed by atoms with Crippen molar-refractivity contribution < 1.29 is 9.90 Å². The predicted octanol–water partition coefficient (Wildman–Crippen LogP) is -0.579. The molecule has 1 amide bonds. The molecule has 15 heavy (non-hydrogen) atoms. The maximum absolute atomic E-state index is 11.7. The first-order chi connectivity index (χ1) is 6.97. The van der Waals surface area contributed by atoms with Crippen LogP contribution in [0.25, 0.3) is 0 Å². The van der Waals surface area contributed by atoms with Crippen LogP contribution in [0.2, 0.25) is 0 Å². The molecule has 6 nitrogen and oxygen atoms in total. The Morgan fingerprint density at radius 2 is 2.33 bits per heavy atom. The first-order valence-corrected chi connectivity index (χ1v) is 4.68. The largest absolute Gasteiger partial charge is 0.395 e. The Hall–Kier alpha value is -1.56. The second-order valence-electron chi connectivity index (χ2n) is 3.53. The fraction of sp³-hybridized carbons (Fsp3) is 0.556. The van der Waals surface area contributed by atoms with Gasteiger partial charge in [0.05, 0.1) is 18.0 Å². The molecule has 84 valence electrons. The molecule has 0 aliphatic heterocycles. The van der Waals surface area contributed by atoms with Crippen molar-refractivity contribution in [2.24, 2.45) is 7.05 Å². The van der Waals surface area contributed by atoms with Gasteiger partial charge in [0, 0.05) is 13.1 Å². The zero-order valence-corrected chi connectivity index (χ0v) is 9.11. The number of aromatic nitrogens is 2. The maximum Gasteiger partial charge on any atom is 0.271 e. The lowest BCUT2D eigenvalue weighted by atomic mass is 10.2. The quantitative estimate of drug-likeness (QED) is 0.625. The lowest BCUT2D eigenvalue weighted by molar-refractivity contribution is 0.0913. The molecular formula is C9H16N4O2. The third kappa shape index (κ3) is 2.27. The van der Waals surface area contributed by atoms with E-state index >= 15 is 0 Å². The van der Waals surface area contributed by atoms with E-state index in [1.54, 1.807) is 20.9 Å². The Labute approximate surface area is 88.1 Å². The van der Waals surface area contributed by atoms with E-state index in [9.17, 15) is 4.79 Å². The van der Waals surface area contributed by atoms with Crippen molar-refractivity contribution in [1.82, 2.24) is 15.1 Å². The zero-order valence-electron chi connectivity index (χ0n) is 9.11. The number of aryl methyl sites for hydroxylation is 2. The number of nitrogens with one attached hydrogen (secondary N) is 1. The Balaban J connectivity index is 2.91. The summed E-state index contributed by atoms with van der Waals surface area (Å²) in [6.07, 6.45) is 0. The Kier molecular flexibility index (Phi) is 3.31. The van der Waals surface area contributed by atoms with Gasteiger partial charge in [0.1, 0.15) is 5.69 Å². The molecular weight excluding hydrogens is 196 g/mol. The van der Waals surface area contributed by atoms with Crippen LogP contribution in [0, 0.1) is 6.92 Å². The molecule has 1 rings (SSSR count). The van der Waals surface area contributed by atoms with E-state index in [0.29, 0.717) is 17.1 Å². The summed E-state index contributed by atoms with van der Waals surface area (Å²) in [4.78, 5) is 11.7. The third-order valence-electron chi connectivity index (χ3n) is 2.13. The van der Waals surface area contributed by atoms with E-state index in [4.69, 9.17) is 10.8 Å². The van der Waals surface area contributed by atoms with Crippen LogP contribution in [0.4, 0.5) is 5.69 Å². The van der Waals surface area contributed by atoms with Crippen LogP contribution < -0.4 is 11.1 Å². The molecule has 6 heteroatoms. The zero-order chi connectivity index (χ0) is 11.6. The normalized spacial score (nSPS) is 12.5. The van der Waals surface area contributed by atoms with Gasteiger partial charge in [-0.3, -0.25) is 9.48 Å². The van der Waals surface area contributed by atoms with Crippen LogP contribution in [-0.4, -0.2) is 33.4 Å². The molecule has 0 spiro atoms. The average molecular weight is 212 g/mol. The topological polar surface area (TPSA) is 93.2 Å². The second-order valence-corrected chi connectivity index (χ2v) is 3.53. The van der Waals surface area contributed by atoms with E-state index in [1.807, 2.05) is 0 Å². The van der Waals surface area contributed by atoms with Crippen molar-refractivity contribution in [3.63, 3.8) is 0 Å². The van der Waals surface area contributed by atoms with Crippen LogP contribution in [0.3, 0.4) is 0 Å². The maximum atomic E-state index is 11.7. The van der Waals surface area contributed by atoms with Crippen LogP contribution in [-0.2, 0) is 7.05 Å². The number of carbonyl (C=O) groups is 1. The van der Waals surface area contributed by atoms with Crippen LogP contribution in [0.5, 0.6) is 0 Å². The summed E-state index contributed by atoms with van der Waals surface area (Å²) < 4.78 is 1.43. The highest BCUT2D eigenvalue weighted by Gasteiger charge is 2.18. The highest BCUT2D eigenvalue weighted by atomic mass is 16.3. The average Bonchev–Trinajstić information content (AvgIpc) is 2.41. The highest BCUT2D eigenvalue weighted by Crippen LogP contribution is 2.14. The van der Waals surface area contributed by atoms with Crippen molar-refractivity contribution in [3.8, 4) is 0 Å². The molecule has 1 aromatic heterocycles. The summed E-state index contributed by atoms with van der Waals surface area (Å²) in [5.74, 6) is -0.322. The van der Waals surface area contributed by atoms with E-state index in [-0.39, 0.29) is 18.6 Å². The number of rotatable bonds is 3. The van der Waals surface area contributed by atoms with Gasteiger partial charge < -0.3 is 16.2 Å². The number of aliphatic hydroxyl groups excluding tert-OH is 1. The van der Waals surface area contributed by atoms with Crippen molar-refractivity contribution in [3.05, 3.63) is 11.4 Å². The monoisotopic (exact) mass is 212 g/mol. The minimum Gasteiger partial charge on any atom is -0.395 e. The van der Waals surface area contributed by atoms with Crippen molar-refractivity contribution in [2.75, 3.05) is 12.3 Å². The molecule has 0 saturated heterocycles. The molecule has 1 aromatic rings. The lowest BCUT2D eigenvalue weighted by Crippen LogP contribution is -2.36. The van der Waals surface area contributed by atoms with Gasteiger partial charge in [-0.25, -0.2) is 0 Å². The number of nitrogen functional groups attached to an aromatic ring is 1. The molecule has 1 heterocycles. The second kappa shape index (κ2) is 4.31. The van der Waals surface area contributed by atoms with Crippen molar-refractivity contribution in [1.29, 1.82) is 0 Å². The van der Waals surface area contributed by atoms with Gasteiger partial charge in [0.25, 0.3) is 5.91 Å². The summed E-state index contributed by atoms with van der Waals surface area (Å²) >= 11 is 0. The molecule has 0 bridgehead atoms. The standard InChI is InChI=1S/C9H16N4O2/c1-5(4-14)11-9(15)8-7(10)6(2)12-13(8)3/h5,14H,4,10H2,1-3H3,(H,11,15)/t5-/m0/s1. The summed E-state index contributed by atoms with van der Waals surface area (Å²) in [6, 6.07) is -0.299. The molecule has 0 aromatic carbocycles. The molecule has 0 saturated carbocycles. The fourth-order valence-corrected chi connectivity index (χ4v) is 1.28. The number of hydrogen-bond donors (Lipinski definition) is 3. The number of hydrogen-bond acceptors (Lipinski definition) is 4. The van der Waals surface area contributed by atoms with E-state index in [1.165, 1.54) is 4.68 Å². The third-order valence-corrected chi connectivity index (χ3v) is 2.13. The highest BCUT2D eigenvalue weighted by molar-refractivity contribution is 5.98. The molecule has 0 fully saturated rings. The number of carbonyl (C=O) groups excluding carboxylic acids is 1. The number of aliphatic hydroxyl groups is 1. The number of nitrogens with zero attached hydrogens (tertiary/aromatic N) is 2. The summed E-state index contributed by atoms with van der Waals surface area (Å²) in [7, 11) is 1.65. The predicted molar refractivity (Wildman–Crippen MR) is 56.4 cm³/mol. The first-order valence-electron chi connectivity index (χ1n) is 4.68. The van der Waals surface area contributed by atoms with Crippen LogP contribution in [0.15, 0.2) is 0 Å². The number of nitrogens with two attached hydrogens (primary N) is 1. The molecule has 0 aliphatic carbocycles. The van der Waals surface area contributed by atoms with Gasteiger partial charge in [-0.15, -0.1) is 0 Å². The van der Waals surface area contributed by atoms with Crippen LogP contribution in [0.1, 0.15) is 23.1 Å². The van der Waals surface area contributed by atoms with E-state index in [0.717, 1.165) is 0 Å². The number of amides is 1.